The predicted octanol–water partition coefficient (Wildman–Crippen LogP) is 2.81. The minimum atomic E-state index is -4.47. The van der Waals surface area contributed by atoms with E-state index in [9.17, 15) is 18.0 Å². The normalized spacial score (nSPS) is 13.5. The third kappa shape index (κ3) is 5.49. The summed E-state index contributed by atoms with van der Waals surface area (Å²) in [6.45, 7) is 4.12. The standard InChI is InChI=1S/C9H16F3NO2/c1-4-7(3)13(5-2)8(14)15-6-9(10,11)12/h7H,4-6H2,1-3H3. The molecule has 0 bridgehead atoms. The van der Waals surface area contributed by atoms with Crippen LogP contribution in [0.4, 0.5) is 18.0 Å². The van der Waals surface area contributed by atoms with Crippen LogP contribution in [-0.2, 0) is 4.74 Å². The number of hydrogen-bond donors (Lipinski definition) is 0. The molecule has 0 fully saturated rings. The Balaban J connectivity index is 4.17. The number of alkyl halides is 3. The second-order valence-electron chi connectivity index (χ2n) is 3.21. The predicted molar refractivity (Wildman–Crippen MR) is 49.5 cm³/mol. The summed E-state index contributed by atoms with van der Waals surface area (Å²) >= 11 is 0. The van der Waals surface area contributed by atoms with Crippen molar-refractivity contribution in [1.29, 1.82) is 0 Å². The van der Waals surface area contributed by atoms with Gasteiger partial charge in [-0.2, -0.15) is 13.2 Å². The maximum Gasteiger partial charge on any atom is 0.422 e. The molecule has 90 valence electrons. The van der Waals surface area contributed by atoms with E-state index in [2.05, 4.69) is 4.74 Å². The molecule has 1 atom stereocenters. The summed E-state index contributed by atoms with van der Waals surface area (Å²) in [7, 11) is 0. The molecule has 0 aromatic rings. The van der Waals surface area contributed by atoms with Gasteiger partial charge in [-0.15, -0.1) is 0 Å². The Kier molecular flexibility index (Phi) is 5.46. The summed E-state index contributed by atoms with van der Waals surface area (Å²) in [5.41, 5.74) is 0. The highest BCUT2D eigenvalue weighted by atomic mass is 19.4. The fraction of sp³-hybridized carbons (Fsp3) is 0.889. The zero-order valence-corrected chi connectivity index (χ0v) is 9.10. The van der Waals surface area contributed by atoms with Crippen molar-refractivity contribution in [3.05, 3.63) is 0 Å². The number of ether oxygens (including phenoxy) is 1. The lowest BCUT2D eigenvalue weighted by Crippen LogP contribution is -2.39. The molecule has 0 heterocycles. The van der Waals surface area contributed by atoms with E-state index in [1.807, 2.05) is 6.92 Å². The molecule has 0 saturated heterocycles. The lowest BCUT2D eigenvalue weighted by molar-refractivity contribution is -0.162. The van der Waals surface area contributed by atoms with Gasteiger partial charge in [0.2, 0.25) is 0 Å². The quantitative estimate of drug-likeness (QED) is 0.739. The average molecular weight is 227 g/mol. The first-order valence-corrected chi connectivity index (χ1v) is 4.82. The number of halogens is 3. The lowest BCUT2D eigenvalue weighted by atomic mass is 10.2. The third-order valence-electron chi connectivity index (χ3n) is 2.06. The molecule has 0 aromatic carbocycles. The fourth-order valence-corrected chi connectivity index (χ4v) is 1.07. The largest absolute Gasteiger partial charge is 0.440 e. The van der Waals surface area contributed by atoms with Gasteiger partial charge < -0.3 is 9.64 Å². The summed E-state index contributed by atoms with van der Waals surface area (Å²) in [4.78, 5) is 12.5. The Morgan fingerprint density at radius 3 is 2.27 bits per heavy atom. The van der Waals surface area contributed by atoms with Crippen molar-refractivity contribution in [3.63, 3.8) is 0 Å². The smallest absolute Gasteiger partial charge is 0.422 e. The molecule has 1 unspecified atom stereocenters. The Hall–Kier alpha value is -0.940. The van der Waals surface area contributed by atoms with Crippen LogP contribution in [0.25, 0.3) is 0 Å². The molecule has 0 aliphatic rings. The highest BCUT2D eigenvalue weighted by molar-refractivity contribution is 5.67. The van der Waals surface area contributed by atoms with E-state index in [1.54, 1.807) is 13.8 Å². The van der Waals surface area contributed by atoms with Crippen LogP contribution in [0, 0.1) is 0 Å². The lowest BCUT2D eigenvalue weighted by Gasteiger charge is -2.26. The zero-order chi connectivity index (χ0) is 12.1. The number of amides is 1. The molecule has 0 spiro atoms. The van der Waals surface area contributed by atoms with Gasteiger partial charge in [-0.25, -0.2) is 4.79 Å². The average Bonchev–Trinajstić information content (AvgIpc) is 2.14. The molecule has 0 radical (unpaired) electrons. The van der Waals surface area contributed by atoms with Crippen LogP contribution in [-0.4, -0.2) is 36.4 Å². The topological polar surface area (TPSA) is 29.5 Å². The third-order valence-corrected chi connectivity index (χ3v) is 2.06. The summed E-state index contributed by atoms with van der Waals surface area (Å²) in [5, 5.41) is 0. The van der Waals surface area contributed by atoms with Gasteiger partial charge in [0.25, 0.3) is 0 Å². The molecule has 0 rings (SSSR count). The van der Waals surface area contributed by atoms with E-state index in [-0.39, 0.29) is 6.04 Å². The number of rotatable bonds is 4. The van der Waals surface area contributed by atoms with E-state index in [0.717, 1.165) is 0 Å². The minimum Gasteiger partial charge on any atom is -0.440 e. The number of carbonyl (C=O) groups is 1. The van der Waals surface area contributed by atoms with E-state index in [4.69, 9.17) is 0 Å². The Morgan fingerprint density at radius 2 is 1.93 bits per heavy atom. The van der Waals surface area contributed by atoms with Gasteiger partial charge in [0.15, 0.2) is 6.61 Å². The number of carbonyl (C=O) groups excluding carboxylic acids is 1. The van der Waals surface area contributed by atoms with Crippen LogP contribution in [0.15, 0.2) is 0 Å². The summed E-state index contributed by atoms with van der Waals surface area (Å²) in [6.07, 6.45) is -4.70. The molecule has 0 aliphatic heterocycles. The summed E-state index contributed by atoms with van der Waals surface area (Å²) in [5.74, 6) is 0. The highest BCUT2D eigenvalue weighted by Gasteiger charge is 2.31. The van der Waals surface area contributed by atoms with Gasteiger partial charge in [0.1, 0.15) is 0 Å². The molecule has 0 N–H and O–H groups in total. The maximum atomic E-state index is 11.8. The van der Waals surface area contributed by atoms with E-state index in [1.165, 1.54) is 4.90 Å². The van der Waals surface area contributed by atoms with Gasteiger partial charge in [0, 0.05) is 12.6 Å². The van der Waals surface area contributed by atoms with Crippen LogP contribution in [0.1, 0.15) is 27.2 Å². The van der Waals surface area contributed by atoms with Crippen LogP contribution in [0.5, 0.6) is 0 Å². The van der Waals surface area contributed by atoms with Crippen LogP contribution >= 0.6 is 0 Å². The summed E-state index contributed by atoms with van der Waals surface area (Å²) < 4.78 is 39.5. The molecular formula is C9H16F3NO2. The van der Waals surface area contributed by atoms with Crippen LogP contribution < -0.4 is 0 Å². The molecule has 6 heteroatoms. The van der Waals surface area contributed by atoms with Gasteiger partial charge in [-0.3, -0.25) is 0 Å². The number of nitrogens with zero attached hydrogens (tertiary/aromatic N) is 1. The molecule has 3 nitrogen and oxygen atoms in total. The van der Waals surface area contributed by atoms with Gasteiger partial charge in [-0.1, -0.05) is 6.92 Å². The van der Waals surface area contributed by atoms with Gasteiger partial charge >= 0.3 is 12.3 Å². The molecule has 0 aliphatic carbocycles. The molecule has 1 amide bonds. The van der Waals surface area contributed by atoms with E-state index >= 15 is 0 Å². The first-order chi connectivity index (χ1) is 6.81. The van der Waals surface area contributed by atoms with Crippen LogP contribution in [0.2, 0.25) is 0 Å². The molecule has 0 aromatic heterocycles. The van der Waals surface area contributed by atoms with Crippen LogP contribution in [0.3, 0.4) is 0 Å². The monoisotopic (exact) mass is 227 g/mol. The first kappa shape index (κ1) is 14.1. The molecular weight excluding hydrogens is 211 g/mol. The van der Waals surface area contributed by atoms with Gasteiger partial charge in [0.05, 0.1) is 0 Å². The first-order valence-electron chi connectivity index (χ1n) is 4.82. The molecule has 15 heavy (non-hydrogen) atoms. The Morgan fingerprint density at radius 1 is 1.40 bits per heavy atom. The number of hydrogen-bond acceptors (Lipinski definition) is 2. The van der Waals surface area contributed by atoms with Crippen molar-refractivity contribution >= 4 is 6.09 Å². The Bertz CT molecular complexity index is 206. The summed E-state index contributed by atoms with van der Waals surface area (Å²) in [6, 6.07) is -0.115. The van der Waals surface area contributed by atoms with Gasteiger partial charge in [-0.05, 0) is 20.3 Å². The van der Waals surface area contributed by atoms with E-state index in [0.29, 0.717) is 13.0 Å². The maximum absolute atomic E-state index is 11.8. The zero-order valence-electron chi connectivity index (χ0n) is 9.10. The van der Waals surface area contributed by atoms with Crippen molar-refractivity contribution in [1.82, 2.24) is 4.90 Å². The van der Waals surface area contributed by atoms with Crippen molar-refractivity contribution in [2.75, 3.05) is 13.2 Å². The molecule has 0 saturated carbocycles. The van der Waals surface area contributed by atoms with Crippen molar-refractivity contribution < 1.29 is 22.7 Å². The van der Waals surface area contributed by atoms with Crippen molar-refractivity contribution in [2.24, 2.45) is 0 Å². The second kappa shape index (κ2) is 5.82. The van der Waals surface area contributed by atoms with Crippen molar-refractivity contribution in [3.8, 4) is 0 Å². The SMILES string of the molecule is CCC(C)N(CC)C(=O)OCC(F)(F)F. The Labute approximate surface area is 87.2 Å². The minimum absolute atomic E-state index is 0.115. The van der Waals surface area contributed by atoms with Crippen molar-refractivity contribution in [2.45, 2.75) is 39.4 Å². The van der Waals surface area contributed by atoms with E-state index < -0.39 is 18.9 Å². The second-order valence-corrected chi connectivity index (χ2v) is 3.21. The highest BCUT2D eigenvalue weighted by Crippen LogP contribution is 2.15. The fourth-order valence-electron chi connectivity index (χ4n) is 1.07.